The van der Waals surface area contributed by atoms with Crippen LogP contribution in [0.5, 0.6) is 0 Å². The van der Waals surface area contributed by atoms with Gasteiger partial charge in [0.15, 0.2) is 8.07 Å². The van der Waals surface area contributed by atoms with Gasteiger partial charge in [-0.25, -0.2) is 0 Å². The first kappa shape index (κ1) is 18.7. The van der Waals surface area contributed by atoms with Crippen molar-refractivity contribution in [2.75, 3.05) is 0 Å². The van der Waals surface area contributed by atoms with Crippen molar-refractivity contribution in [2.45, 2.75) is 45.6 Å². The van der Waals surface area contributed by atoms with Crippen molar-refractivity contribution < 1.29 is 0 Å². The van der Waals surface area contributed by atoms with Crippen LogP contribution in [0.25, 0.3) is 0 Å². The Balaban J connectivity index is 2.35. The van der Waals surface area contributed by atoms with E-state index < -0.39 is 8.07 Å². The molecule has 0 radical (unpaired) electrons. The highest BCUT2D eigenvalue weighted by Gasteiger charge is 2.42. The zero-order chi connectivity index (χ0) is 18.8. The summed E-state index contributed by atoms with van der Waals surface area (Å²) in [7, 11) is -2.11. The van der Waals surface area contributed by atoms with Gasteiger partial charge in [0.25, 0.3) is 0 Å². The van der Waals surface area contributed by atoms with Crippen molar-refractivity contribution in [3.63, 3.8) is 0 Å². The lowest BCUT2D eigenvalue weighted by atomic mass is 9.87. The molecule has 0 aromatic heterocycles. The molecule has 0 saturated carbocycles. The van der Waals surface area contributed by atoms with Gasteiger partial charge in [0, 0.05) is 0 Å². The largest absolute Gasteiger partial charge is 0.150 e. The molecule has 0 bridgehead atoms. The number of rotatable bonds is 4. The molecule has 1 heteroatoms. The van der Waals surface area contributed by atoms with E-state index in [0.29, 0.717) is 5.54 Å². The lowest BCUT2D eigenvalue weighted by Gasteiger charge is -2.38. The summed E-state index contributed by atoms with van der Waals surface area (Å²) in [6.07, 6.45) is 0. The second-order valence-electron chi connectivity index (χ2n) is 8.53. The zero-order valence-corrected chi connectivity index (χ0v) is 17.7. The maximum Gasteiger partial charge on any atom is 0.150 e. The van der Waals surface area contributed by atoms with E-state index in [2.05, 4.69) is 120 Å². The molecule has 0 amide bonds. The molecular weight excluding hydrogens is 328 g/mol. The Kier molecular flexibility index (Phi) is 5.20. The molecule has 0 aliphatic heterocycles. The van der Waals surface area contributed by atoms with Gasteiger partial charge in [0.05, 0.1) is 0 Å². The average Bonchev–Trinajstić information content (AvgIpc) is 2.63. The van der Waals surface area contributed by atoms with E-state index in [1.165, 1.54) is 21.1 Å². The van der Waals surface area contributed by atoms with Crippen molar-refractivity contribution in [2.24, 2.45) is 0 Å². The third-order valence-electron chi connectivity index (χ3n) is 5.51. The second-order valence-corrected chi connectivity index (χ2v) is 13.0. The first-order valence-electron chi connectivity index (χ1n) is 9.59. The minimum atomic E-state index is -2.11. The van der Waals surface area contributed by atoms with Crippen LogP contribution in [0.15, 0.2) is 84.9 Å². The molecule has 3 aromatic rings. The highest BCUT2D eigenvalue weighted by Crippen LogP contribution is 2.25. The van der Waals surface area contributed by atoms with Crippen LogP contribution in [0.2, 0.25) is 5.54 Å². The molecule has 0 atom stereocenters. The normalized spacial score (nSPS) is 12.4. The molecular formula is C25H30Si. The molecule has 0 spiro atoms. The summed E-state index contributed by atoms with van der Waals surface area (Å²) >= 11 is 0. The Hall–Kier alpha value is -2.12. The fourth-order valence-electron chi connectivity index (χ4n) is 4.13. The average molecular weight is 359 g/mol. The van der Waals surface area contributed by atoms with E-state index in [0.717, 1.165) is 0 Å². The third-order valence-corrected chi connectivity index (χ3v) is 10.9. The lowest BCUT2D eigenvalue weighted by molar-refractivity contribution is 0.590. The number of benzene rings is 3. The Morgan fingerprint density at radius 1 is 0.615 bits per heavy atom. The van der Waals surface area contributed by atoms with Crippen LogP contribution in [0.3, 0.4) is 0 Å². The van der Waals surface area contributed by atoms with E-state index in [4.69, 9.17) is 0 Å². The zero-order valence-electron chi connectivity index (χ0n) is 16.7. The van der Waals surface area contributed by atoms with Crippen molar-refractivity contribution >= 4 is 23.6 Å². The summed E-state index contributed by atoms with van der Waals surface area (Å²) in [6.45, 7) is 11.7. The molecule has 134 valence electrons. The van der Waals surface area contributed by atoms with Crippen molar-refractivity contribution in [1.82, 2.24) is 0 Å². The highest BCUT2D eigenvalue weighted by atomic mass is 28.3. The molecule has 0 fully saturated rings. The van der Waals surface area contributed by atoms with Gasteiger partial charge in [-0.3, -0.25) is 0 Å². The van der Waals surface area contributed by atoms with Gasteiger partial charge in [0.2, 0.25) is 0 Å². The summed E-state index contributed by atoms with van der Waals surface area (Å²) < 4.78 is 0. The predicted molar refractivity (Wildman–Crippen MR) is 118 cm³/mol. The molecule has 0 nitrogen and oxygen atoms in total. The third kappa shape index (κ3) is 3.28. The van der Waals surface area contributed by atoms with Crippen LogP contribution in [0.1, 0.15) is 40.2 Å². The minimum absolute atomic E-state index is 0.153. The first-order chi connectivity index (χ1) is 12.4. The standard InChI is InChI=1S/C25H30Si/c1-20(2)26(22-14-8-6-9-15-22,23-16-10-7-11-17-23)24-18-12-13-21(19-24)25(3,4)5/h6-20H,1-5H3. The van der Waals surface area contributed by atoms with Gasteiger partial charge in [-0.1, -0.05) is 120 Å². The fraction of sp³-hybridized carbons (Fsp3) is 0.280. The molecule has 0 N–H and O–H groups in total. The van der Waals surface area contributed by atoms with Gasteiger partial charge in [0.1, 0.15) is 0 Å². The Morgan fingerprint density at radius 2 is 1.08 bits per heavy atom. The van der Waals surface area contributed by atoms with Crippen LogP contribution in [0.4, 0.5) is 0 Å². The van der Waals surface area contributed by atoms with E-state index in [9.17, 15) is 0 Å². The maximum absolute atomic E-state index is 2.48. The highest BCUT2D eigenvalue weighted by molar-refractivity contribution is 7.12. The van der Waals surface area contributed by atoms with Crippen LogP contribution < -0.4 is 15.6 Å². The van der Waals surface area contributed by atoms with Crippen molar-refractivity contribution in [3.8, 4) is 0 Å². The van der Waals surface area contributed by atoms with E-state index >= 15 is 0 Å². The van der Waals surface area contributed by atoms with Gasteiger partial charge < -0.3 is 0 Å². The van der Waals surface area contributed by atoms with E-state index in [1.54, 1.807) is 0 Å². The minimum Gasteiger partial charge on any atom is -0.0642 e. The SMILES string of the molecule is CC(C)[Si](c1ccccc1)(c1ccccc1)c1cccc(C(C)(C)C)c1. The van der Waals surface area contributed by atoms with E-state index in [-0.39, 0.29) is 5.41 Å². The van der Waals surface area contributed by atoms with Gasteiger partial charge in [-0.2, -0.15) is 0 Å². The second kappa shape index (κ2) is 7.24. The molecule has 3 rings (SSSR count). The van der Waals surface area contributed by atoms with Crippen molar-refractivity contribution in [1.29, 1.82) is 0 Å². The summed E-state index contributed by atoms with van der Waals surface area (Å²) in [5, 5.41) is 4.50. The van der Waals surface area contributed by atoms with E-state index in [1.807, 2.05) is 0 Å². The predicted octanol–water partition coefficient (Wildman–Crippen LogP) is 4.86. The van der Waals surface area contributed by atoms with Gasteiger partial charge in [-0.15, -0.1) is 0 Å². The van der Waals surface area contributed by atoms with Gasteiger partial charge >= 0.3 is 0 Å². The summed E-state index contributed by atoms with van der Waals surface area (Å²) in [5.41, 5.74) is 2.13. The van der Waals surface area contributed by atoms with Crippen molar-refractivity contribution in [3.05, 3.63) is 90.5 Å². The number of hydrogen-bond acceptors (Lipinski definition) is 0. The van der Waals surface area contributed by atoms with Crippen LogP contribution in [-0.4, -0.2) is 8.07 Å². The van der Waals surface area contributed by atoms with Crippen LogP contribution >= 0.6 is 0 Å². The molecule has 0 saturated heterocycles. The Bertz CT molecular complexity index is 803. The Labute approximate surface area is 159 Å². The first-order valence-corrected chi connectivity index (χ1v) is 11.7. The maximum atomic E-state index is 2.48. The van der Waals surface area contributed by atoms with Crippen LogP contribution in [0, 0.1) is 0 Å². The van der Waals surface area contributed by atoms with Gasteiger partial charge in [-0.05, 0) is 32.1 Å². The summed E-state index contributed by atoms with van der Waals surface area (Å²) in [5.74, 6) is 0. The van der Waals surface area contributed by atoms with Crippen LogP contribution in [-0.2, 0) is 5.41 Å². The lowest BCUT2D eigenvalue weighted by Crippen LogP contribution is -2.69. The quantitative estimate of drug-likeness (QED) is 0.461. The number of hydrogen-bond donors (Lipinski definition) is 0. The monoisotopic (exact) mass is 358 g/mol. The summed E-state index contributed by atoms with van der Waals surface area (Å²) in [4.78, 5) is 0. The molecule has 26 heavy (non-hydrogen) atoms. The molecule has 0 aliphatic carbocycles. The smallest absolute Gasteiger partial charge is 0.0642 e. The Morgan fingerprint density at radius 3 is 1.50 bits per heavy atom. The topological polar surface area (TPSA) is 0 Å². The fourth-order valence-corrected chi connectivity index (χ4v) is 9.31. The molecule has 0 unspecified atom stereocenters. The molecule has 0 aliphatic rings. The molecule has 0 heterocycles. The summed E-state index contributed by atoms with van der Waals surface area (Å²) in [6, 6.07) is 31.7. The molecule has 3 aromatic carbocycles.